The van der Waals surface area contributed by atoms with Crippen molar-refractivity contribution in [2.75, 3.05) is 13.1 Å². The van der Waals surface area contributed by atoms with Crippen molar-refractivity contribution >= 4 is 0 Å². The van der Waals surface area contributed by atoms with Crippen LogP contribution in [0.3, 0.4) is 0 Å². The predicted molar refractivity (Wildman–Crippen MR) is 54.2 cm³/mol. The summed E-state index contributed by atoms with van der Waals surface area (Å²) in [5.74, 6) is 0. The second kappa shape index (κ2) is 7.18. The van der Waals surface area contributed by atoms with Gasteiger partial charge in [0.25, 0.3) is 0 Å². The molecule has 0 aromatic heterocycles. The molecular weight excluding hydrogens is 264 g/mol. The molecule has 0 saturated heterocycles. The van der Waals surface area contributed by atoms with Crippen molar-refractivity contribution in [3.05, 3.63) is 0 Å². The number of halogens is 6. The van der Waals surface area contributed by atoms with Gasteiger partial charge in [-0.3, -0.25) is 0 Å². The van der Waals surface area contributed by atoms with Crippen LogP contribution < -0.4 is 5.32 Å². The largest absolute Gasteiger partial charge is 0.423 e. The van der Waals surface area contributed by atoms with Gasteiger partial charge in [0.2, 0.25) is 6.10 Å². The molecule has 1 N–H and O–H groups in total. The third-order valence-electron chi connectivity index (χ3n) is 2.18. The average molecular weight is 281 g/mol. The van der Waals surface area contributed by atoms with Gasteiger partial charge in [0.05, 0.1) is 6.10 Å². The van der Waals surface area contributed by atoms with Gasteiger partial charge in [-0.1, -0.05) is 13.8 Å². The molecular formula is C10H17F6NO. The van der Waals surface area contributed by atoms with E-state index in [1.54, 1.807) is 0 Å². The van der Waals surface area contributed by atoms with Crippen LogP contribution in [0.4, 0.5) is 26.3 Å². The molecule has 110 valence electrons. The zero-order valence-electron chi connectivity index (χ0n) is 10.2. The third kappa shape index (κ3) is 6.44. The van der Waals surface area contributed by atoms with Crippen molar-refractivity contribution in [1.82, 2.24) is 5.32 Å². The van der Waals surface area contributed by atoms with Crippen molar-refractivity contribution in [2.24, 2.45) is 0 Å². The molecule has 18 heavy (non-hydrogen) atoms. The highest BCUT2D eigenvalue weighted by atomic mass is 19.4. The fourth-order valence-electron chi connectivity index (χ4n) is 1.26. The molecule has 0 aromatic rings. The van der Waals surface area contributed by atoms with E-state index in [0.717, 1.165) is 6.42 Å². The summed E-state index contributed by atoms with van der Waals surface area (Å²) in [5.41, 5.74) is 0. The maximum absolute atomic E-state index is 12.2. The van der Waals surface area contributed by atoms with Crippen LogP contribution in [0.15, 0.2) is 0 Å². The quantitative estimate of drug-likeness (QED) is 0.571. The summed E-state index contributed by atoms with van der Waals surface area (Å²) in [6, 6.07) is 0. The van der Waals surface area contributed by atoms with Crippen LogP contribution in [-0.4, -0.2) is 37.7 Å². The maximum atomic E-state index is 12.2. The van der Waals surface area contributed by atoms with E-state index in [9.17, 15) is 26.3 Å². The van der Waals surface area contributed by atoms with E-state index in [1.807, 2.05) is 6.92 Å². The minimum absolute atomic E-state index is 0.0347. The molecule has 0 aliphatic rings. The molecule has 0 fully saturated rings. The van der Waals surface area contributed by atoms with E-state index >= 15 is 0 Å². The number of hydrogen-bond acceptors (Lipinski definition) is 2. The van der Waals surface area contributed by atoms with Crippen molar-refractivity contribution in [3.8, 4) is 0 Å². The fraction of sp³-hybridized carbons (Fsp3) is 1.00. The topological polar surface area (TPSA) is 21.3 Å². The Kier molecular flexibility index (Phi) is 6.98. The normalized spacial score (nSPS) is 15.2. The minimum atomic E-state index is -5.45. The van der Waals surface area contributed by atoms with Crippen LogP contribution in [0.25, 0.3) is 0 Å². The van der Waals surface area contributed by atoms with Crippen LogP contribution in [0.2, 0.25) is 0 Å². The Hall–Kier alpha value is -0.500. The molecule has 0 amide bonds. The Morgan fingerprint density at radius 3 is 1.83 bits per heavy atom. The number of rotatable bonds is 7. The van der Waals surface area contributed by atoms with Gasteiger partial charge in [0.1, 0.15) is 0 Å². The third-order valence-corrected chi connectivity index (χ3v) is 2.18. The van der Waals surface area contributed by atoms with Crippen LogP contribution in [-0.2, 0) is 4.74 Å². The molecule has 2 nitrogen and oxygen atoms in total. The summed E-state index contributed by atoms with van der Waals surface area (Å²) in [6.45, 7) is 3.79. The lowest BCUT2D eigenvalue weighted by Crippen LogP contribution is -2.48. The zero-order chi connectivity index (χ0) is 14.4. The van der Waals surface area contributed by atoms with Crippen molar-refractivity contribution < 1.29 is 31.1 Å². The molecule has 0 rings (SSSR count). The highest BCUT2D eigenvalue weighted by molar-refractivity contribution is 4.78. The van der Waals surface area contributed by atoms with Gasteiger partial charge in [-0.2, -0.15) is 26.3 Å². The standard InChI is InChI=1S/C10H17F6NO/c1-3-5-17-6-7(4-2)18-8(9(11,12)13)10(14,15)16/h7-8,17H,3-6H2,1-2H3. The van der Waals surface area contributed by atoms with Gasteiger partial charge in [-0.25, -0.2) is 0 Å². The first-order chi connectivity index (χ1) is 8.12. The summed E-state index contributed by atoms with van der Waals surface area (Å²) in [7, 11) is 0. The lowest BCUT2D eigenvalue weighted by molar-refractivity contribution is -0.330. The summed E-state index contributed by atoms with van der Waals surface area (Å²) < 4.78 is 77.6. The Labute approximate surface area is 102 Å². The fourth-order valence-corrected chi connectivity index (χ4v) is 1.26. The molecule has 0 bridgehead atoms. The highest BCUT2D eigenvalue weighted by Crippen LogP contribution is 2.36. The molecule has 0 saturated carbocycles. The Bertz CT molecular complexity index is 213. The van der Waals surface area contributed by atoms with Crippen molar-refractivity contribution in [1.29, 1.82) is 0 Å². The van der Waals surface area contributed by atoms with E-state index in [-0.39, 0.29) is 13.0 Å². The monoisotopic (exact) mass is 281 g/mol. The molecule has 0 aromatic carbocycles. The van der Waals surface area contributed by atoms with E-state index in [2.05, 4.69) is 10.1 Å². The SMILES string of the molecule is CCCNCC(CC)OC(C(F)(F)F)C(F)(F)F. The van der Waals surface area contributed by atoms with E-state index in [1.165, 1.54) is 6.92 Å². The molecule has 0 aliphatic heterocycles. The van der Waals surface area contributed by atoms with Gasteiger partial charge in [-0.15, -0.1) is 0 Å². The molecule has 1 atom stereocenters. The molecule has 8 heteroatoms. The molecule has 0 radical (unpaired) electrons. The average Bonchev–Trinajstić information content (AvgIpc) is 2.19. The van der Waals surface area contributed by atoms with E-state index in [4.69, 9.17) is 0 Å². The molecule has 1 unspecified atom stereocenters. The van der Waals surface area contributed by atoms with Crippen LogP contribution in [0.1, 0.15) is 26.7 Å². The second-order valence-electron chi connectivity index (χ2n) is 3.83. The Balaban J connectivity index is 4.55. The van der Waals surface area contributed by atoms with Gasteiger partial charge in [0, 0.05) is 6.54 Å². The predicted octanol–water partition coefficient (Wildman–Crippen LogP) is 3.27. The number of hydrogen-bond donors (Lipinski definition) is 1. The van der Waals surface area contributed by atoms with Gasteiger partial charge in [0.15, 0.2) is 0 Å². The summed E-state index contributed by atoms with van der Waals surface area (Å²) >= 11 is 0. The lowest BCUT2D eigenvalue weighted by atomic mass is 10.2. The Morgan fingerprint density at radius 2 is 1.50 bits per heavy atom. The molecule has 0 spiro atoms. The van der Waals surface area contributed by atoms with Crippen molar-refractivity contribution in [3.63, 3.8) is 0 Å². The minimum Gasteiger partial charge on any atom is -0.356 e. The van der Waals surface area contributed by atoms with Gasteiger partial charge < -0.3 is 10.1 Å². The smallest absolute Gasteiger partial charge is 0.356 e. The molecule has 0 aliphatic carbocycles. The maximum Gasteiger partial charge on any atom is 0.423 e. The number of nitrogens with one attached hydrogen (secondary N) is 1. The first-order valence-electron chi connectivity index (χ1n) is 5.62. The molecule has 0 heterocycles. The first kappa shape index (κ1) is 17.5. The highest BCUT2D eigenvalue weighted by Gasteiger charge is 2.58. The first-order valence-corrected chi connectivity index (χ1v) is 5.62. The second-order valence-corrected chi connectivity index (χ2v) is 3.83. The summed E-state index contributed by atoms with van der Waals surface area (Å²) in [4.78, 5) is 0. The van der Waals surface area contributed by atoms with E-state index in [0.29, 0.717) is 6.54 Å². The van der Waals surface area contributed by atoms with E-state index < -0.39 is 24.6 Å². The van der Waals surface area contributed by atoms with Crippen LogP contribution >= 0.6 is 0 Å². The van der Waals surface area contributed by atoms with Gasteiger partial charge >= 0.3 is 12.4 Å². The lowest BCUT2D eigenvalue weighted by Gasteiger charge is -2.27. The number of ether oxygens (including phenoxy) is 1. The van der Waals surface area contributed by atoms with Crippen LogP contribution in [0, 0.1) is 0 Å². The summed E-state index contributed by atoms with van der Waals surface area (Å²) in [6.07, 6.45) is -14.9. The number of alkyl halides is 6. The van der Waals surface area contributed by atoms with Crippen molar-refractivity contribution in [2.45, 2.75) is 51.2 Å². The zero-order valence-corrected chi connectivity index (χ0v) is 10.2. The van der Waals surface area contributed by atoms with Gasteiger partial charge in [-0.05, 0) is 19.4 Å². The summed E-state index contributed by atoms with van der Waals surface area (Å²) in [5, 5.41) is 2.73. The Morgan fingerprint density at radius 1 is 1.00 bits per heavy atom. The van der Waals surface area contributed by atoms with Crippen LogP contribution in [0.5, 0.6) is 0 Å².